The fourth-order valence-electron chi connectivity index (χ4n) is 6.08. The molecule has 2 saturated carbocycles. The minimum Gasteiger partial charge on any atom is -0.496 e. The Morgan fingerprint density at radius 3 is 2.29 bits per heavy atom. The monoisotopic (exact) mass is 379 g/mol. The molecule has 3 fully saturated rings. The molecule has 2 unspecified atom stereocenters. The molecule has 28 heavy (non-hydrogen) atoms. The van der Waals surface area contributed by atoms with Crippen LogP contribution in [0.2, 0.25) is 0 Å². The lowest BCUT2D eigenvalue weighted by molar-refractivity contribution is 0.110. The molecule has 2 aromatic rings. The Bertz CT molecular complexity index is 825. The highest BCUT2D eigenvalue weighted by molar-refractivity contribution is 5.66. The molecule has 0 N–H and O–H groups in total. The quantitative estimate of drug-likeness (QED) is 0.659. The van der Waals surface area contributed by atoms with Gasteiger partial charge in [-0.15, -0.1) is 0 Å². The van der Waals surface area contributed by atoms with Crippen molar-refractivity contribution < 1.29 is 9.13 Å². The van der Waals surface area contributed by atoms with Crippen molar-refractivity contribution in [3.8, 4) is 16.9 Å². The van der Waals surface area contributed by atoms with Crippen LogP contribution in [0.1, 0.15) is 50.0 Å². The van der Waals surface area contributed by atoms with E-state index in [4.69, 9.17) is 4.74 Å². The van der Waals surface area contributed by atoms with Gasteiger partial charge in [0, 0.05) is 6.04 Å². The molecular formula is C25H30FNO. The lowest BCUT2D eigenvalue weighted by Crippen LogP contribution is -2.43. The summed E-state index contributed by atoms with van der Waals surface area (Å²) in [6.45, 7) is 2.42. The Morgan fingerprint density at radius 1 is 0.893 bits per heavy atom. The average Bonchev–Trinajstić information content (AvgIpc) is 3.38. The molecule has 0 spiro atoms. The number of hydrogen-bond acceptors (Lipinski definition) is 2. The third-order valence-electron chi connectivity index (χ3n) is 7.55. The standard InChI is InChI=1S/C25H30FNO/c1-28-25-9-6-20(18-4-7-22(26)8-5-18)16-23(25)19-10-12-27(13-11-19)24-15-17-2-3-21(24)14-17/h4-9,16-17,19,21,24H,2-3,10-15H2,1H3/t17?,21?,24-/m0/s1. The van der Waals surface area contributed by atoms with Crippen molar-refractivity contribution in [3.63, 3.8) is 0 Å². The van der Waals surface area contributed by atoms with Crippen molar-refractivity contribution in [3.05, 3.63) is 53.8 Å². The molecule has 2 bridgehead atoms. The Labute approximate surface area is 167 Å². The molecule has 1 aliphatic heterocycles. The predicted molar refractivity (Wildman–Crippen MR) is 111 cm³/mol. The van der Waals surface area contributed by atoms with Crippen LogP contribution < -0.4 is 4.74 Å². The Balaban J connectivity index is 1.33. The SMILES string of the molecule is COc1ccc(-c2ccc(F)cc2)cc1C1CCN([C@H]2CC3CCC2C3)CC1. The number of ether oxygens (including phenoxy) is 1. The van der Waals surface area contributed by atoms with Gasteiger partial charge in [0.05, 0.1) is 7.11 Å². The van der Waals surface area contributed by atoms with Crippen molar-refractivity contribution >= 4 is 0 Å². The largest absolute Gasteiger partial charge is 0.496 e. The number of hydrogen-bond donors (Lipinski definition) is 0. The first kappa shape index (κ1) is 18.2. The van der Waals surface area contributed by atoms with Gasteiger partial charge in [-0.2, -0.15) is 0 Å². The van der Waals surface area contributed by atoms with Gasteiger partial charge in [0.15, 0.2) is 0 Å². The number of halogens is 1. The van der Waals surface area contributed by atoms with Crippen molar-refractivity contribution in [2.75, 3.05) is 20.2 Å². The molecule has 0 amide bonds. The van der Waals surface area contributed by atoms with E-state index < -0.39 is 0 Å². The second kappa shape index (κ2) is 7.51. The fraction of sp³-hybridized carbons (Fsp3) is 0.520. The smallest absolute Gasteiger partial charge is 0.123 e. The first-order chi connectivity index (χ1) is 13.7. The zero-order chi connectivity index (χ0) is 19.1. The molecule has 0 radical (unpaired) electrons. The average molecular weight is 380 g/mol. The van der Waals surface area contributed by atoms with Crippen LogP contribution in [0.15, 0.2) is 42.5 Å². The van der Waals surface area contributed by atoms with Gasteiger partial charge < -0.3 is 9.64 Å². The molecule has 2 aromatic carbocycles. The maximum atomic E-state index is 13.3. The molecule has 1 saturated heterocycles. The number of rotatable bonds is 4. The van der Waals surface area contributed by atoms with E-state index in [2.05, 4.69) is 23.1 Å². The van der Waals surface area contributed by atoms with E-state index in [1.165, 1.54) is 69.3 Å². The summed E-state index contributed by atoms with van der Waals surface area (Å²) in [4.78, 5) is 2.79. The highest BCUT2D eigenvalue weighted by atomic mass is 19.1. The lowest BCUT2D eigenvalue weighted by atomic mass is 9.85. The van der Waals surface area contributed by atoms with Crippen LogP contribution in [0.25, 0.3) is 11.1 Å². The van der Waals surface area contributed by atoms with Crippen molar-refractivity contribution in [1.82, 2.24) is 4.90 Å². The zero-order valence-electron chi connectivity index (χ0n) is 16.7. The number of fused-ring (bicyclic) bond motifs is 2. The van der Waals surface area contributed by atoms with Crippen LogP contribution in [0.5, 0.6) is 5.75 Å². The van der Waals surface area contributed by atoms with E-state index in [0.717, 1.165) is 34.8 Å². The summed E-state index contributed by atoms with van der Waals surface area (Å²) in [7, 11) is 1.76. The van der Waals surface area contributed by atoms with Gasteiger partial charge in [-0.3, -0.25) is 0 Å². The highest BCUT2D eigenvalue weighted by Gasteiger charge is 2.43. The third kappa shape index (κ3) is 3.34. The van der Waals surface area contributed by atoms with Gasteiger partial charge in [-0.1, -0.05) is 24.6 Å². The second-order valence-corrected chi connectivity index (χ2v) is 9.02. The van der Waals surface area contributed by atoms with Crippen LogP contribution in [-0.2, 0) is 0 Å². The number of benzene rings is 2. The zero-order valence-corrected chi connectivity index (χ0v) is 16.7. The van der Waals surface area contributed by atoms with Crippen LogP contribution in [-0.4, -0.2) is 31.1 Å². The Morgan fingerprint density at radius 2 is 1.64 bits per heavy atom. The summed E-state index contributed by atoms with van der Waals surface area (Å²) in [5.74, 6) is 3.33. The summed E-state index contributed by atoms with van der Waals surface area (Å²) in [5.41, 5.74) is 3.52. The summed E-state index contributed by atoms with van der Waals surface area (Å²) in [6.07, 6.45) is 8.28. The number of likely N-dealkylation sites (tertiary alicyclic amines) is 1. The first-order valence-electron chi connectivity index (χ1n) is 10.9. The molecule has 3 aliphatic rings. The van der Waals surface area contributed by atoms with Crippen molar-refractivity contribution in [2.24, 2.45) is 11.8 Å². The Hall–Kier alpha value is -1.87. The Kier molecular flexibility index (Phi) is 4.88. The van der Waals surface area contributed by atoms with E-state index in [-0.39, 0.29) is 5.82 Å². The number of methoxy groups -OCH3 is 1. The molecule has 3 heteroatoms. The van der Waals surface area contributed by atoms with E-state index in [0.29, 0.717) is 5.92 Å². The molecule has 0 aromatic heterocycles. The molecule has 3 atom stereocenters. The first-order valence-corrected chi connectivity index (χ1v) is 10.9. The summed E-state index contributed by atoms with van der Waals surface area (Å²) >= 11 is 0. The van der Waals surface area contributed by atoms with Crippen LogP contribution in [0.4, 0.5) is 4.39 Å². The van der Waals surface area contributed by atoms with Crippen molar-refractivity contribution in [2.45, 2.75) is 50.5 Å². The summed E-state index contributed by atoms with van der Waals surface area (Å²) in [5, 5.41) is 0. The van der Waals surface area contributed by atoms with Crippen LogP contribution >= 0.6 is 0 Å². The minimum absolute atomic E-state index is 0.189. The number of nitrogens with zero attached hydrogens (tertiary/aromatic N) is 1. The normalized spacial score (nSPS) is 28.0. The fourth-order valence-corrected chi connectivity index (χ4v) is 6.08. The van der Waals surface area contributed by atoms with Gasteiger partial charge in [0.25, 0.3) is 0 Å². The topological polar surface area (TPSA) is 12.5 Å². The lowest BCUT2D eigenvalue weighted by Gasteiger charge is -2.40. The van der Waals surface area contributed by atoms with Crippen LogP contribution in [0.3, 0.4) is 0 Å². The summed E-state index contributed by atoms with van der Waals surface area (Å²) in [6, 6.07) is 14.1. The third-order valence-corrected chi connectivity index (χ3v) is 7.55. The maximum Gasteiger partial charge on any atom is 0.123 e. The molecule has 2 nitrogen and oxygen atoms in total. The van der Waals surface area contributed by atoms with E-state index in [1.54, 1.807) is 7.11 Å². The van der Waals surface area contributed by atoms with Gasteiger partial charge in [0.1, 0.15) is 11.6 Å². The van der Waals surface area contributed by atoms with E-state index >= 15 is 0 Å². The minimum atomic E-state index is -0.189. The van der Waals surface area contributed by atoms with Crippen molar-refractivity contribution in [1.29, 1.82) is 0 Å². The van der Waals surface area contributed by atoms with Gasteiger partial charge in [0.2, 0.25) is 0 Å². The second-order valence-electron chi connectivity index (χ2n) is 9.02. The van der Waals surface area contributed by atoms with E-state index in [9.17, 15) is 4.39 Å². The molecular weight excluding hydrogens is 349 g/mol. The van der Waals surface area contributed by atoms with Gasteiger partial charge >= 0.3 is 0 Å². The molecule has 1 heterocycles. The molecule has 5 rings (SSSR count). The molecule has 2 aliphatic carbocycles. The predicted octanol–water partition coefficient (Wildman–Crippen LogP) is 5.87. The van der Waals surface area contributed by atoms with Crippen LogP contribution in [0, 0.1) is 17.7 Å². The van der Waals surface area contributed by atoms with Gasteiger partial charge in [-0.25, -0.2) is 4.39 Å². The van der Waals surface area contributed by atoms with Gasteiger partial charge in [-0.05, 0) is 104 Å². The highest BCUT2D eigenvalue weighted by Crippen LogP contribution is 2.48. The maximum absolute atomic E-state index is 13.3. The summed E-state index contributed by atoms with van der Waals surface area (Å²) < 4.78 is 19.0. The van der Waals surface area contributed by atoms with E-state index in [1.807, 2.05) is 12.1 Å². The molecule has 148 valence electrons. The number of piperidine rings is 1.